The Bertz CT molecular complexity index is 1260. The number of Topliss-reactive ketones (excluding diaryl/α,β-unsaturated/α-hetero) is 1. The summed E-state index contributed by atoms with van der Waals surface area (Å²) in [5.41, 5.74) is 4.33. The number of hydrogen-bond donors (Lipinski definition) is 1. The van der Waals surface area contributed by atoms with Crippen LogP contribution in [0.25, 0.3) is 5.76 Å². The van der Waals surface area contributed by atoms with Crippen LogP contribution in [0.5, 0.6) is 5.75 Å². The average Bonchev–Trinajstić information content (AvgIpc) is 3.08. The molecular weight excluding hydrogens is 438 g/mol. The fraction of sp³-hybridized carbons (Fsp3) is 0.267. The molecule has 0 bridgehead atoms. The van der Waals surface area contributed by atoms with Crippen molar-refractivity contribution >= 4 is 17.4 Å². The smallest absolute Gasteiger partial charge is 0.295 e. The maximum Gasteiger partial charge on any atom is 0.295 e. The van der Waals surface area contributed by atoms with Crippen LogP contribution in [0.1, 0.15) is 47.7 Å². The summed E-state index contributed by atoms with van der Waals surface area (Å²) in [5, 5.41) is 11.2. The summed E-state index contributed by atoms with van der Waals surface area (Å²) in [6.07, 6.45) is 0. The van der Waals surface area contributed by atoms with Crippen molar-refractivity contribution in [2.24, 2.45) is 5.92 Å². The molecule has 1 aliphatic heterocycles. The number of carbonyl (C=O) groups is 2. The van der Waals surface area contributed by atoms with Gasteiger partial charge in [0.1, 0.15) is 11.5 Å². The van der Waals surface area contributed by atoms with Crippen LogP contribution in [0.15, 0.2) is 78.4 Å². The van der Waals surface area contributed by atoms with Crippen LogP contribution in [0.4, 0.5) is 0 Å². The minimum atomic E-state index is -0.687. The van der Waals surface area contributed by atoms with E-state index in [0.29, 0.717) is 18.1 Å². The monoisotopic (exact) mass is 469 g/mol. The van der Waals surface area contributed by atoms with Gasteiger partial charge in [-0.3, -0.25) is 9.59 Å². The maximum atomic E-state index is 13.2. The van der Waals surface area contributed by atoms with E-state index in [4.69, 9.17) is 4.74 Å². The predicted molar refractivity (Wildman–Crippen MR) is 137 cm³/mol. The van der Waals surface area contributed by atoms with E-state index in [2.05, 4.69) is 13.8 Å². The first-order valence-corrected chi connectivity index (χ1v) is 11.9. The number of hydrogen-bond acceptors (Lipinski definition) is 4. The molecular formula is C30H31NO4. The first kappa shape index (κ1) is 24.3. The zero-order chi connectivity index (χ0) is 25.1. The minimum absolute atomic E-state index is 0.112. The number of rotatable bonds is 7. The zero-order valence-corrected chi connectivity index (χ0v) is 20.6. The number of aliphatic hydroxyl groups excluding tert-OH is 1. The van der Waals surface area contributed by atoms with Gasteiger partial charge in [-0.1, -0.05) is 85.6 Å². The largest absolute Gasteiger partial charge is 0.507 e. The van der Waals surface area contributed by atoms with Crippen molar-refractivity contribution in [3.63, 3.8) is 0 Å². The van der Waals surface area contributed by atoms with Crippen LogP contribution >= 0.6 is 0 Å². The molecule has 1 heterocycles. The fourth-order valence-corrected chi connectivity index (χ4v) is 4.25. The SMILES string of the molecule is Cc1ccc(/C(O)=C2/C(=O)C(=O)N(Cc3ccc(OCC(C)C)cc3)C2c2cccc(C)c2)cc1. The second-order valence-corrected chi connectivity index (χ2v) is 9.56. The van der Waals surface area contributed by atoms with E-state index in [9.17, 15) is 14.7 Å². The van der Waals surface area contributed by atoms with Gasteiger partial charge in [-0.25, -0.2) is 0 Å². The van der Waals surface area contributed by atoms with Crippen LogP contribution in [-0.4, -0.2) is 28.3 Å². The molecule has 1 fully saturated rings. The number of aryl methyl sites for hydroxylation is 2. The van der Waals surface area contributed by atoms with Crippen molar-refractivity contribution in [1.29, 1.82) is 0 Å². The van der Waals surface area contributed by atoms with E-state index in [1.807, 2.05) is 74.5 Å². The van der Waals surface area contributed by atoms with E-state index in [1.54, 1.807) is 17.0 Å². The van der Waals surface area contributed by atoms with E-state index in [0.717, 1.165) is 28.0 Å². The predicted octanol–water partition coefficient (Wildman–Crippen LogP) is 5.96. The fourth-order valence-electron chi connectivity index (χ4n) is 4.25. The van der Waals surface area contributed by atoms with Gasteiger partial charge in [0.25, 0.3) is 11.7 Å². The summed E-state index contributed by atoms with van der Waals surface area (Å²) in [5.74, 6) is -0.268. The first-order chi connectivity index (χ1) is 16.7. The van der Waals surface area contributed by atoms with Crippen molar-refractivity contribution in [2.75, 3.05) is 6.61 Å². The van der Waals surface area contributed by atoms with Gasteiger partial charge in [0.05, 0.1) is 18.2 Å². The first-order valence-electron chi connectivity index (χ1n) is 11.9. The summed E-state index contributed by atoms with van der Waals surface area (Å²) in [6.45, 7) is 8.96. The van der Waals surface area contributed by atoms with E-state index in [1.165, 1.54) is 0 Å². The standard InChI is InChI=1S/C30H31NO4/c1-19(2)18-35-25-14-10-22(11-15-25)17-31-27(24-7-5-6-21(4)16-24)26(29(33)30(31)34)28(32)23-12-8-20(3)9-13-23/h5-16,19,27,32H,17-18H2,1-4H3/b28-26-. The van der Waals surface area contributed by atoms with Crippen LogP contribution in [0, 0.1) is 19.8 Å². The van der Waals surface area contributed by atoms with Crippen LogP contribution < -0.4 is 4.74 Å². The number of ketones is 1. The summed E-state index contributed by atoms with van der Waals surface area (Å²) in [6, 6.07) is 21.9. The van der Waals surface area contributed by atoms with Gasteiger partial charge < -0.3 is 14.7 Å². The van der Waals surface area contributed by atoms with E-state index < -0.39 is 17.7 Å². The van der Waals surface area contributed by atoms with Gasteiger partial charge in [0, 0.05) is 12.1 Å². The summed E-state index contributed by atoms with van der Waals surface area (Å²) in [7, 11) is 0. The second-order valence-electron chi connectivity index (χ2n) is 9.56. The molecule has 0 saturated carbocycles. The lowest BCUT2D eigenvalue weighted by Crippen LogP contribution is -2.29. The van der Waals surface area contributed by atoms with Crippen LogP contribution in [0.3, 0.4) is 0 Å². The lowest BCUT2D eigenvalue weighted by Gasteiger charge is -2.26. The number of ether oxygens (including phenoxy) is 1. The number of likely N-dealkylation sites (tertiary alicyclic amines) is 1. The molecule has 35 heavy (non-hydrogen) atoms. The molecule has 3 aromatic carbocycles. The molecule has 1 aliphatic rings. The van der Waals surface area contributed by atoms with Gasteiger partial charge in [0.15, 0.2) is 0 Å². The summed E-state index contributed by atoms with van der Waals surface area (Å²) >= 11 is 0. The van der Waals surface area contributed by atoms with Crippen molar-refractivity contribution in [2.45, 2.75) is 40.3 Å². The third kappa shape index (κ3) is 5.29. The Morgan fingerprint density at radius 3 is 2.26 bits per heavy atom. The minimum Gasteiger partial charge on any atom is -0.507 e. The molecule has 1 N–H and O–H groups in total. The van der Waals surface area contributed by atoms with E-state index in [-0.39, 0.29) is 17.9 Å². The molecule has 0 spiro atoms. The molecule has 1 saturated heterocycles. The average molecular weight is 470 g/mol. The highest BCUT2D eigenvalue weighted by molar-refractivity contribution is 6.46. The quantitative estimate of drug-likeness (QED) is 0.263. The van der Waals surface area contributed by atoms with Crippen molar-refractivity contribution in [1.82, 2.24) is 4.90 Å². The number of aliphatic hydroxyl groups is 1. The molecule has 4 rings (SSSR count). The Morgan fingerprint density at radius 2 is 1.63 bits per heavy atom. The van der Waals surface area contributed by atoms with Gasteiger partial charge in [-0.05, 0) is 43.0 Å². The lowest BCUT2D eigenvalue weighted by atomic mass is 9.94. The molecule has 0 radical (unpaired) electrons. The van der Waals surface area contributed by atoms with Gasteiger partial charge in [0.2, 0.25) is 0 Å². The van der Waals surface area contributed by atoms with Crippen molar-refractivity contribution < 1.29 is 19.4 Å². The molecule has 1 amide bonds. The Morgan fingerprint density at radius 1 is 0.943 bits per heavy atom. The van der Waals surface area contributed by atoms with Crippen molar-refractivity contribution in [3.8, 4) is 5.75 Å². The molecule has 0 aliphatic carbocycles. The molecule has 1 unspecified atom stereocenters. The normalized spacial score (nSPS) is 17.3. The molecule has 5 heteroatoms. The van der Waals surface area contributed by atoms with Gasteiger partial charge in [-0.2, -0.15) is 0 Å². The molecule has 0 aromatic heterocycles. The highest BCUT2D eigenvalue weighted by atomic mass is 16.5. The number of amides is 1. The van der Waals surface area contributed by atoms with Crippen molar-refractivity contribution in [3.05, 3.63) is 106 Å². The second kappa shape index (κ2) is 10.2. The third-order valence-electron chi connectivity index (χ3n) is 6.08. The number of benzene rings is 3. The Hall–Kier alpha value is -3.86. The summed E-state index contributed by atoms with van der Waals surface area (Å²) < 4.78 is 5.76. The highest BCUT2D eigenvalue weighted by Gasteiger charge is 2.46. The molecule has 180 valence electrons. The Balaban J connectivity index is 1.73. The van der Waals surface area contributed by atoms with Gasteiger partial charge in [-0.15, -0.1) is 0 Å². The Labute approximate surface area is 206 Å². The summed E-state index contributed by atoms with van der Waals surface area (Å²) in [4.78, 5) is 28.0. The lowest BCUT2D eigenvalue weighted by molar-refractivity contribution is -0.140. The Kier molecular flexibility index (Phi) is 7.06. The maximum absolute atomic E-state index is 13.2. The topological polar surface area (TPSA) is 66.8 Å². The highest BCUT2D eigenvalue weighted by Crippen LogP contribution is 2.40. The molecule has 1 atom stereocenters. The zero-order valence-electron chi connectivity index (χ0n) is 20.6. The van der Waals surface area contributed by atoms with E-state index >= 15 is 0 Å². The van der Waals surface area contributed by atoms with Crippen LogP contribution in [-0.2, 0) is 16.1 Å². The molecule has 5 nitrogen and oxygen atoms in total. The number of carbonyl (C=O) groups excluding carboxylic acids is 2. The van der Waals surface area contributed by atoms with Gasteiger partial charge >= 0.3 is 0 Å². The third-order valence-corrected chi connectivity index (χ3v) is 6.08. The molecule has 3 aromatic rings. The van der Waals surface area contributed by atoms with Crippen LogP contribution in [0.2, 0.25) is 0 Å². The number of nitrogens with zero attached hydrogens (tertiary/aromatic N) is 1.